The molecule has 0 heteroatoms. The van der Waals surface area contributed by atoms with E-state index in [0.717, 1.165) is 5.92 Å². The zero-order chi connectivity index (χ0) is 7.52. The normalized spacial score (nSPS) is 35.8. The van der Waals surface area contributed by atoms with E-state index in [1.165, 1.54) is 44.9 Å². The summed E-state index contributed by atoms with van der Waals surface area (Å²) < 4.78 is 0. The summed E-state index contributed by atoms with van der Waals surface area (Å²) in [4.78, 5) is 0. The predicted molar refractivity (Wildman–Crippen MR) is 48.2 cm³/mol. The van der Waals surface area contributed by atoms with E-state index in [-0.39, 0.29) is 0 Å². The Hall–Kier alpha value is -0.260. The van der Waals surface area contributed by atoms with Crippen molar-refractivity contribution in [3.05, 3.63) is 18.1 Å². The lowest BCUT2D eigenvalue weighted by Crippen LogP contribution is -2.22. The molecule has 0 aliphatic heterocycles. The van der Waals surface area contributed by atoms with E-state index in [0.29, 0.717) is 0 Å². The van der Waals surface area contributed by atoms with Crippen molar-refractivity contribution >= 4 is 0 Å². The van der Waals surface area contributed by atoms with Gasteiger partial charge in [0.1, 0.15) is 0 Å². The highest BCUT2D eigenvalue weighted by atomic mass is 14.3. The minimum absolute atomic E-state index is 1.03. The summed E-state index contributed by atoms with van der Waals surface area (Å²) in [7, 11) is 0. The average Bonchev–Trinajstić information content (AvgIpc) is 2.04. The Balaban J connectivity index is 1.89. The first-order valence-electron chi connectivity index (χ1n) is 4.96. The van der Waals surface area contributed by atoms with Crippen molar-refractivity contribution in [2.24, 2.45) is 5.92 Å². The van der Waals surface area contributed by atoms with Gasteiger partial charge in [-0.15, -0.1) is 0 Å². The van der Waals surface area contributed by atoms with Crippen molar-refractivity contribution in [1.29, 1.82) is 0 Å². The number of fused-ring (bicyclic) bond motifs is 1. The summed E-state index contributed by atoms with van der Waals surface area (Å²) in [5.74, 6) is 2.86. The van der Waals surface area contributed by atoms with Crippen molar-refractivity contribution in [1.82, 2.24) is 0 Å². The van der Waals surface area contributed by atoms with Gasteiger partial charge in [0.15, 0.2) is 0 Å². The van der Waals surface area contributed by atoms with Crippen LogP contribution in [0.5, 0.6) is 0 Å². The standard InChI is InChI=1S/C11H17/c1-2-4-6-10-8-9-11(10)7-5-3-1/h2,4,11H,1,3,5-9H2/b4-2-. The molecule has 1 atom stereocenters. The van der Waals surface area contributed by atoms with Crippen molar-refractivity contribution in [3.8, 4) is 0 Å². The van der Waals surface area contributed by atoms with Crippen molar-refractivity contribution in [2.45, 2.75) is 44.9 Å². The largest absolute Gasteiger partial charge is 0.0885 e. The quantitative estimate of drug-likeness (QED) is 0.462. The molecule has 2 aliphatic rings. The molecule has 0 bridgehead atoms. The zero-order valence-electron chi connectivity index (χ0n) is 7.18. The van der Waals surface area contributed by atoms with E-state index in [2.05, 4.69) is 12.2 Å². The van der Waals surface area contributed by atoms with Gasteiger partial charge in [0, 0.05) is 0 Å². The molecule has 2 aliphatic carbocycles. The maximum Gasteiger partial charge on any atom is -0.0172 e. The van der Waals surface area contributed by atoms with Crippen LogP contribution in [0.1, 0.15) is 44.9 Å². The highest BCUT2D eigenvalue weighted by Gasteiger charge is 2.29. The number of allylic oxidation sites excluding steroid dienone is 2. The Bertz CT molecular complexity index is 146. The Kier molecular flexibility index (Phi) is 2.30. The van der Waals surface area contributed by atoms with Gasteiger partial charge in [-0.1, -0.05) is 18.6 Å². The molecule has 0 saturated heterocycles. The molecule has 0 aromatic heterocycles. The van der Waals surface area contributed by atoms with E-state index >= 15 is 0 Å². The fourth-order valence-corrected chi connectivity index (χ4v) is 2.18. The van der Waals surface area contributed by atoms with Crippen LogP contribution in [0.4, 0.5) is 0 Å². The second-order valence-electron chi connectivity index (χ2n) is 3.85. The Morgan fingerprint density at radius 3 is 2.91 bits per heavy atom. The van der Waals surface area contributed by atoms with Gasteiger partial charge in [0.05, 0.1) is 0 Å². The first-order chi connectivity index (χ1) is 5.47. The van der Waals surface area contributed by atoms with E-state index in [1.54, 1.807) is 0 Å². The summed E-state index contributed by atoms with van der Waals surface area (Å²) in [5.41, 5.74) is 0. The molecular weight excluding hydrogens is 132 g/mol. The lowest BCUT2D eigenvalue weighted by Gasteiger charge is -2.35. The molecular formula is C11H17. The molecule has 61 valence electrons. The Morgan fingerprint density at radius 2 is 2.09 bits per heavy atom. The third-order valence-corrected chi connectivity index (χ3v) is 3.11. The molecule has 0 spiro atoms. The van der Waals surface area contributed by atoms with Gasteiger partial charge in [-0.05, 0) is 50.4 Å². The molecule has 0 N–H and O–H groups in total. The van der Waals surface area contributed by atoms with E-state index in [4.69, 9.17) is 0 Å². The Labute approximate surface area is 69.7 Å². The molecule has 0 aromatic carbocycles. The lowest BCUT2D eigenvalue weighted by atomic mass is 9.70. The van der Waals surface area contributed by atoms with Gasteiger partial charge in [-0.3, -0.25) is 0 Å². The lowest BCUT2D eigenvalue weighted by molar-refractivity contribution is 0.323. The average molecular weight is 149 g/mol. The molecule has 0 aromatic rings. The van der Waals surface area contributed by atoms with Crippen LogP contribution < -0.4 is 0 Å². The summed E-state index contributed by atoms with van der Waals surface area (Å²) in [5, 5.41) is 0. The van der Waals surface area contributed by atoms with Crippen LogP contribution in [-0.2, 0) is 0 Å². The van der Waals surface area contributed by atoms with Gasteiger partial charge in [0.25, 0.3) is 0 Å². The highest BCUT2D eigenvalue weighted by Crippen LogP contribution is 2.42. The molecule has 0 amide bonds. The first kappa shape index (κ1) is 7.39. The smallest absolute Gasteiger partial charge is 0.0172 e. The highest BCUT2D eigenvalue weighted by molar-refractivity contribution is 5.10. The second-order valence-corrected chi connectivity index (χ2v) is 3.85. The Morgan fingerprint density at radius 1 is 1.09 bits per heavy atom. The van der Waals surface area contributed by atoms with Crippen LogP contribution in [0, 0.1) is 11.8 Å². The van der Waals surface area contributed by atoms with Crippen molar-refractivity contribution in [3.63, 3.8) is 0 Å². The summed E-state index contributed by atoms with van der Waals surface area (Å²) in [6, 6.07) is 0. The summed E-state index contributed by atoms with van der Waals surface area (Å²) in [6.45, 7) is 0. The maximum atomic E-state index is 2.38. The summed E-state index contributed by atoms with van der Waals surface area (Å²) in [6.07, 6.45) is 14.6. The van der Waals surface area contributed by atoms with E-state index < -0.39 is 0 Å². The van der Waals surface area contributed by atoms with Gasteiger partial charge in [-0.2, -0.15) is 0 Å². The zero-order valence-corrected chi connectivity index (χ0v) is 7.18. The van der Waals surface area contributed by atoms with Gasteiger partial charge in [-0.25, -0.2) is 0 Å². The molecule has 0 heterocycles. The number of hydrogen-bond donors (Lipinski definition) is 0. The molecule has 1 unspecified atom stereocenters. The predicted octanol–water partition coefficient (Wildman–Crippen LogP) is 3.49. The van der Waals surface area contributed by atoms with Gasteiger partial charge < -0.3 is 0 Å². The fraction of sp³-hybridized carbons (Fsp3) is 0.727. The summed E-state index contributed by atoms with van der Waals surface area (Å²) >= 11 is 0. The first-order valence-corrected chi connectivity index (χ1v) is 4.96. The fourth-order valence-electron chi connectivity index (χ4n) is 2.18. The number of rotatable bonds is 0. The van der Waals surface area contributed by atoms with E-state index in [9.17, 15) is 0 Å². The molecule has 1 fully saturated rings. The van der Waals surface area contributed by atoms with Crippen LogP contribution in [0.15, 0.2) is 12.2 Å². The van der Waals surface area contributed by atoms with Gasteiger partial charge >= 0.3 is 0 Å². The monoisotopic (exact) mass is 149 g/mol. The van der Waals surface area contributed by atoms with Crippen molar-refractivity contribution in [2.75, 3.05) is 0 Å². The molecule has 11 heavy (non-hydrogen) atoms. The minimum Gasteiger partial charge on any atom is -0.0885 e. The van der Waals surface area contributed by atoms with Gasteiger partial charge in [0.2, 0.25) is 0 Å². The third-order valence-electron chi connectivity index (χ3n) is 3.11. The molecule has 1 saturated carbocycles. The topological polar surface area (TPSA) is 0 Å². The SMILES string of the molecule is C1=C\C[C]2CCC2CCCC/1. The van der Waals surface area contributed by atoms with E-state index in [1.807, 2.05) is 5.92 Å². The van der Waals surface area contributed by atoms with Crippen LogP contribution in [0.25, 0.3) is 0 Å². The van der Waals surface area contributed by atoms with Crippen LogP contribution >= 0.6 is 0 Å². The second kappa shape index (κ2) is 3.42. The van der Waals surface area contributed by atoms with Crippen LogP contribution in [0.2, 0.25) is 0 Å². The van der Waals surface area contributed by atoms with Crippen LogP contribution in [-0.4, -0.2) is 0 Å². The minimum atomic E-state index is 1.03. The molecule has 2 rings (SSSR count). The number of hydrogen-bond acceptors (Lipinski definition) is 0. The third kappa shape index (κ3) is 1.66. The molecule has 0 nitrogen and oxygen atoms in total. The maximum absolute atomic E-state index is 2.38. The van der Waals surface area contributed by atoms with Crippen LogP contribution in [0.3, 0.4) is 0 Å². The molecule has 1 radical (unpaired) electrons. The van der Waals surface area contributed by atoms with Crippen molar-refractivity contribution < 1.29 is 0 Å².